The van der Waals surface area contributed by atoms with Crippen molar-refractivity contribution in [3.05, 3.63) is 23.5 Å². The maximum absolute atomic E-state index is 6.06. The molecule has 0 aliphatic carbocycles. The third-order valence-electron chi connectivity index (χ3n) is 2.77. The van der Waals surface area contributed by atoms with Crippen molar-refractivity contribution in [1.29, 1.82) is 0 Å². The van der Waals surface area contributed by atoms with E-state index < -0.39 is 0 Å². The molecule has 0 bridgehead atoms. The lowest BCUT2D eigenvalue weighted by Crippen LogP contribution is -2.24. The van der Waals surface area contributed by atoms with Crippen molar-refractivity contribution in [2.45, 2.75) is 46.6 Å². The van der Waals surface area contributed by atoms with Gasteiger partial charge in [-0.05, 0) is 19.8 Å². The van der Waals surface area contributed by atoms with Gasteiger partial charge in [-0.3, -0.25) is 0 Å². The van der Waals surface area contributed by atoms with Gasteiger partial charge in [-0.25, -0.2) is 4.99 Å². The Labute approximate surface area is 110 Å². The Bertz CT molecular complexity index is 308. The van der Waals surface area contributed by atoms with Gasteiger partial charge in [0.2, 0.25) is 0 Å². The largest absolute Gasteiger partial charge is 0.387 e. The maximum atomic E-state index is 6.06. The van der Waals surface area contributed by atoms with Gasteiger partial charge in [-0.2, -0.15) is 0 Å². The molecule has 0 aromatic carbocycles. The number of nitrogens with two attached hydrogens (primary N) is 1. The van der Waals surface area contributed by atoms with E-state index in [1.165, 1.54) is 0 Å². The van der Waals surface area contributed by atoms with Crippen molar-refractivity contribution in [3.8, 4) is 0 Å². The number of rotatable bonds is 7. The first-order chi connectivity index (χ1) is 7.92. The molecule has 0 heterocycles. The normalized spacial score (nSPS) is 16.5. The third-order valence-corrected chi connectivity index (χ3v) is 3.09. The Morgan fingerprint density at radius 3 is 2.47 bits per heavy atom. The van der Waals surface area contributed by atoms with Gasteiger partial charge in [0.25, 0.3) is 0 Å². The van der Waals surface area contributed by atoms with E-state index >= 15 is 0 Å². The first-order valence-corrected chi connectivity index (χ1v) is 6.44. The van der Waals surface area contributed by atoms with E-state index in [0.29, 0.717) is 22.6 Å². The van der Waals surface area contributed by atoms with Crippen molar-refractivity contribution in [3.63, 3.8) is 0 Å². The molecule has 0 saturated carbocycles. The molecule has 0 rings (SSSR count). The highest BCUT2D eigenvalue weighted by Crippen LogP contribution is 2.12. The summed E-state index contributed by atoms with van der Waals surface area (Å²) in [4.78, 5) is 4.15. The first kappa shape index (κ1) is 16.0. The van der Waals surface area contributed by atoms with E-state index in [0.717, 1.165) is 12.8 Å². The van der Waals surface area contributed by atoms with E-state index in [9.17, 15) is 0 Å². The summed E-state index contributed by atoms with van der Waals surface area (Å²) in [5.41, 5.74) is 6.48. The highest BCUT2D eigenvalue weighted by Gasteiger charge is 2.04. The van der Waals surface area contributed by atoms with Crippen molar-refractivity contribution in [1.82, 2.24) is 5.32 Å². The van der Waals surface area contributed by atoms with E-state index in [1.54, 1.807) is 6.20 Å². The van der Waals surface area contributed by atoms with Crippen molar-refractivity contribution in [2.75, 3.05) is 0 Å². The Morgan fingerprint density at radius 1 is 1.41 bits per heavy atom. The molecule has 0 radical (unpaired) electrons. The second kappa shape index (κ2) is 8.18. The van der Waals surface area contributed by atoms with Crippen LogP contribution in [0.25, 0.3) is 0 Å². The van der Waals surface area contributed by atoms with Crippen LogP contribution in [-0.4, -0.2) is 11.9 Å². The van der Waals surface area contributed by atoms with Gasteiger partial charge in [0, 0.05) is 23.9 Å². The number of amidine groups is 1. The molecule has 0 saturated heterocycles. The molecular weight excluding hydrogens is 234 g/mol. The van der Waals surface area contributed by atoms with Crippen LogP contribution < -0.4 is 11.1 Å². The Kier molecular flexibility index (Phi) is 7.72. The molecule has 0 amide bonds. The minimum absolute atomic E-state index is 0.270. The molecule has 0 aliphatic rings. The Morgan fingerprint density at radius 2 is 2.00 bits per heavy atom. The average molecular weight is 258 g/mol. The monoisotopic (exact) mass is 257 g/mol. The van der Waals surface area contributed by atoms with Crippen LogP contribution in [0.2, 0.25) is 0 Å². The van der Waals surface area contributed by atoms with E-state index in [4.69, 9.17) is 17.3 Å². The van der Waals surface area contributed by atoms with Crippen LogP contribution in [0.5, 0.6) is 0 Å². The summed E-state index contributed by atoms with van der Waals surface area (Å²) in [5.74, 6) is 0.869. The molecular formula is C13H24ClN3. The number of halogens is 1. The van der Waals surface area contributed by atoms with E-state index in [-0.39, 0.29) is 5.92 Å². The van der Waals surface area contributed by atoms with Gasteiger partial charge >= 0.3 is 0 Å². The standard InChI is InChI=1S/C13H24ClN3/c1-6-9(3)13(15)16-8-12(14)11(5)17-10(4)7-2/h8-10,17H,5-7H2,1-4H3,(H2,15,16)/b12-8+. The number of allylic oxidation sites excluding steroid dienone is 1. The highest BCUT2D eigenvalue weighted by atomic mass is 35.5. The lowest BCUT2D eigenvalue weighted by Gasteiger charge is -2.14. The van der Waals surface area contributed by atoms with Crippen LogP contribution in [-0.2, 0) is 0 Å². The van der Waals surface area contributed by atoms with Crippen LogP contribution in [0, 0.1) is 5.92 Å². The molecule has 0 aromatic heterocycles. The zero-order valence-corrected chi connectivity index (χ0v) is 12.0. The fraction of sp³-hybridized carbons (Fsp3) is 0.615. The number of nitrogens with one attached hydrogen (secondary N) is 1. The van der Waals surface area contributed by atoms with Gasteiger partial charge in [-0.15, -0.1) is 0 Å². The van der Waals surface area contributed by atoms with Crippen molar-refractivity contribution < 1.29 is 0 Å². The van der Waals surface area contributed by atoms with Gasteiger partial charge in [0.15, 0.2) is 0 Å². The second-order valence-electron chi connectivity index (χ2n) is 4.27. The quantitative estimate of drug-likeness (QED) is 0.417. The van der Waals surface area contributed by atoms with Crippen LogP contribution in [0.15, 0.2) is 28.5 Å². The molecule has 0 fully saturated rings. The van der Waals surface area contributed by atoms with E-state index in [2.05, 4.69) is 37.7 Å². The number of hydrogen-bond acceptors (Lipinski definition) is 2. The van der Waals surface area contributed by atoms with Crippen LogP contribution in [0.3, 0.4) is 0 Å². The van der Waals surface area contributed by atoms with Crippen LogP contribution in [0.1, 0.15) is 40.5 Å². The molecule has 98 valence electrons. The summed E-state index contributed by atoms with van der Waals surface area (Å²) in [6.45, 7) is 12.1. The van der Waals surface area contributed by atoms with Crippen LogP contribution >= 0.6 is 11.6 Å². The summed E-state index contributed by atoms with van der Waals surface area (Å²) in [6.07, 6.45) is 3.54. The fourth-order valence-electron chi connectivity index (χ4n) is 1.01. The number of aliphatic imine (C=N–C) groups is 1. The second-order valence-corrected chi connectivity index (χ2v) is 4.68. The number of hydrogen-bond donors (Lipinski definition) is 2. The zero-order chi connectivity index (χ0) is 13.4. The minimum Gasteiger partial charge on any atom is -0.387 e. The van der Waals surface area contributed by atoms with Gasteiger partial charge < -0.3 is 11.1 Å². The smallest absolute Gasteiger partial charge is 0.102 e. The summed E-state index contributed by atoms with van der Waals surface area (Å²) < 4.78 is 0. The molecule has 3 nitrogen and oxygen atoms in total. The van der Waals surface area contributed by atoms with Gasteiger partial charge in [-0.1, -0.05) is 39.0 Å². The first-order valence-electron chi connectivity index (χ1n) is 6.06. The molecule has 0 spiro atoms. The summed E-state index contributed by atoms with van der Waals surface area (Å²) in [7, 11) is 0. The van der Waals surface area contributed by atoms with Crippen molar-refractivity contribution in [2.24, 2.45) is 16.6 Å². The van der Waals surface area contributed by atoms with Gasteiger partial charge in [0.1, 0.15) is 5.84 Å². The minimum atomic E-state index is 0.270. The number of nitrogens with zero attached hydrogens (tertiary/aromatic N) is 1. The summed E-state index contributed by atoms with van der Waals surface area (Å²) >= 11 is 6.06. The molecule has 0 aromatic rings. The Balaban J connectivity index is 4.49. The molecule has 3 N–H and O–H groups in total. The van der Waals surface area contributed by atoms with Crippen LogP contribution in [0.4, 0.5) is 0 Å². The molecule has 2 atom stereocenters. The predicted octanol–water partition coefficient (Wildman–Crippen LogP) is 3.37. The zero-order valence-electron chi connectivity index (χ0n) is 11.3. The predicted molar refractivity (Wildman–Crippen MR) is 77.0 cm³/mol. The lowest BCUT2D eigenvalue weighted by molar-refractivity contribution is 0.603. The summed E-state index contributed by atoms with van der Waals surface area (Å²) in [6, 6.07) is 0.348. The average Bonchev–Trinajstić information content (AvgIpc) is 2.33. The molecule has 4 heteroatoms. The fourth-order valence-corrected chi connectivity index (χ4v) is 1.12. The maximum Gasteiger partial charge on any atom is 0.102 e. The Hall–Kier alpha value is -0.960. The lowest BCUT2D eigenvalue weighted by atomic mass is 10.1. The van der Waals surface area contributed by atoms with E-state index in [1.807, 2.05) is 6.92 Å². The molecule has 0 aliphatic heterocycles. The van der Waals surface area contributed by atoms with Gasteiger partial charge in [0.05, 0.1) is 5.03 Å². The third kappa shape index (κ3) is 6.37. The summed E-state index contributed by atoms with van der Waals surface area (Å²) in [5, 5.41) is 3.69. The molecule has 2 unspecified atom stereocenters. The molecule has 17 heavy (non-hydrogen) atoms. The van der Waals surface area contributed by atoms with Crippen molar-refractivity contribution >= 4 is 17.4 Å². The highest BCUT2D eigenvalue weighted by molar-refractivity contribution is 6.31. The SMILES string of the molecule is C=C(NC(C)CC)/C(Cl)=C\N=C(N)C(C)CC. The topological polar surface area (TPSA) is 50.4 Å².